The fourth-order valence-corrected chi connectivity index (χ4v) is 5.67. The van der Waals surface area contributed by atoms with Gasteiger partial charge in [-0.05, 0) is 73.9 Å². The van der Waals surface area contributed by atoms with Crippen LogP contribution in [0.15, 0.2) is 71.6 Å². The predicted molar refractivity (Wildman–Crippen MR) is 162 cm³/mol. The van der Waals surface area contributed by atoms with Gasteiger partial charge in [-0.25, -0.2) is 9.97 Å². The third kappa shape index (κ3) is 4.55. The average Bonchev–Trinajstić information content (AvgIpc) is 3.55. The summed E-state index contributed by atoms with van der Waals surface area (Å²) < 4.78 is 0. The first kappa shape index (κ1) is 25.6. The normalized spacial score (nSPS) is 15.9. The lowest BCUT2D eigenvalue weighted by molar-refractivity contribution is 0.0996. The van der Waals surface area contributed by atoms with E-state index >= 15 is 0 Å². The number of carbonyl (C=O) groups excluding carboxylic acids is 1. The van der Waals surface area contributed by atoms with Crippen LogP contribution in [0, 0.1) is 6.92 Å². The Hall–Kier alpha value is -4.72. The fourth-order valence-electron chi connectivity index (χ4n) is 5.67. The first-order chi connectivity index (χ1) is 19.4. The van der Waals surface area contributed by atoms with Crippen LogP contribution in [0.4, 0.5) is 11.6 Å². The molecule has 0 radical (unpaired) electrons. The molecule has 4 aromatic rings. The van der Waals surface area contributed by atoms with E-state index in [-0.39, 0.29) is 5.91 Å². The quantitative estimate of drug-likeness (QED) is 0.204. The molecular formula is C32H33N7O. The SMILES string of the molecule is CN/C(C)=C\C(N)=N/c1ncc(C)c(-c2c[nH]c3c(N4Cc5cccc(C6=CCCCC6)c5C4=O)cccc23)n1. The largest absolute Gasteiger partial charge is 0.392 e. The Kier molecular flexibility index (Phi) is 6.67. The van der Waals surface area contributed by atoms with Gasteiger partial charge in [0.25, 0.3) is 11.9 Å². The summed E-state index contributed by atoms with van der Waals surface area (Å²) in [7, 11) is 1.83. The average molecular weight is 532 g/mol. The number of nitrogens with two attached hydrogens (primary N) is 1. The third-order valence-electron chi connectivity index (χ3n) is 7.76. The summed E-state index contributed by atoms with van der Waals surface area (Å²) in [6.45, 7) is 4.43. The van der Waals surface area contributed by atoms with Gasteiger partial charge >= 0.3 is 0 Å². The number of hydrogen-bond donors (Lipinski definition) is 3. The molecule has 4 N–H and O–H groups in total. The van der Waals surface area contributed by atoms with Crippen molar-refractivity contribution < 1.29 is 4.79 Å². The van der Waals surface area contributed by atoms with E-state index in [9.17, 15) is 4.79 Å². The van der Waals surface area contributed by atoms with Crippen LogP contribution >= 0.6 is 0 Å². The van der Waals surface area contributed by atoms with Crippen molar-refractivity contribution in [1.82, 2.24) is 20.3 Å². The molecule has 202 valence electrons. The minimum Gasteiger partial charge on any atom is -0.392 e. The second-order valence-corrected chi connectivity index (χ2v) is 10.4. The van der Waals surface area contributed by atoms with Gasteiger partial charge in [0, 0.05) is 36.1 Å². The molecule has 0 spiro atoms. The minimum atomic E-state index is 0.0518. The number of fused-ring (bicyclic) bond motifs is 2. The number of nitrogens with zero attached hydrogens (tertiary/aromatic N) is 4. The maximum absolute atomic E-state index is 13.9. The van der Waals surface area contributed by atoms with Crippen molar-refractivity contribution in [3.63, 3.8) is 0 Å². The molecule has 2 aromatic heterocycles. The maximum atomic E-state index is 13.9. The van der Waals surface area contributed by atoms with Gasteiger partial charge in [0.1, 0.15) is 5.84 Å². The number of hydrogen-bond acceptors (Lipinski definition) is 5. The first-order valence-corrected chi connectivity index (χ1v) is 13.7. The Balaban J connectivity index is 1.38. The number of allylic oxidation sites excluding steroid dienone is 3. The van der Waals surface area contributed by atoms with Crippen molar-refractivity contribution >= 4 is 39.9 Å². The molecule has 1 amide bonds. The molecule has 0 saturated heterocycles. The number of aryl methyl sites for hydroxylation is 1. The molecule has 40 heavy (non-hydrogen) atoms. The fraction of sp³-hybridized carbons (Fsp3) is 0.250. The predicted octanol–water partition coefficient (Wildman–Crippen LogP) is 6.16. The van der Waals surface area contributed by atoms with Crippen LogP contribution in [0.3, 0.4) is 0 Å². The molecule has 0 bridgehead atoms. The van der Waals surface area contributed by atoms with Crippen molar-refractivity contribution in [2.24, 2.45) is 10.7 Å². The highest BCUT2D eigenvalue weighted by atomic mass is 16.2. The molecule has 1 aliphatic heterocycles. The highest BCUT2D eigenvalue weighted by Crippen LogP contribution is 2.40. The summed E-state index contributed by atoms with van der Waals surface area (Å²) in [5.41, 5.74) is 15.6. The molecule has 0 unspecified atom stereocenters. The van der Waals surface area contributed by atoms with E-state index in [0.29, 0.717) is 18.3 Å². The first-order valence-electron chi connectivity index (χ1n) is 13.7. The molecule has 0 atom stereocenters. The van der Waals surface area contributed by atoms with Crippen LogP contribution in [0.1, 0.15) is 59.7 Å². The topological polar surface area (TPSA) is 112 Å². The van der Waals surface area contributed by atoms with Crippen molar-refractivity contribution in [1.29, 1.82) is 0 Å². The number of rotatable bonds is 6. The number of para-hydroxylation sites is 1. The Morgan fingerprint density at radius 3 is 2.83 bits per heavy atom. The number of carbonyl (C=O) groups is 1. The molecule has 3 heterocycles. The zero-order valence-electron chi connectivity index (χ0n) is 23.1. The van der Waals surface area contributed by atoms with Crippen LogP contribution in [0.2, 0.25) is 0 Å². The van der Waals surface area contributed by atoms with E-state index < -0.39 is 0 Å². The van der Waals surface area contributed by atoms with E-state index in [2.05, 4.69) is 50.6 Å². The van der Waals surface area contributed by atoms with Crippen molar-refractivity contribution in [2.75, 3.05) is 11.9 Å². The lowest BCUT2D eigenvalue weighted by Crippen LogP contribution is -2.23. The van der Waals surface area contributed by atoms with E-state index in [1.165, 1.54) is 18.4 Å². The molecule has 8 heteroatoms. The second kappa shape index (κ2) is 10.4. The number of amides is 1. The number of aromatic nitrogens is 3. The summed E-state index contributed by atoms with van der Waals surface area (Å²) in [6.07, 6.45) is 12.2. The number of aliphatic imine (C=N–C) groups is 1. The Morgan fingerprint density at radius 2 is 2.02 bits per heavy atom. The Morgan fingerprint density at radius 1 is 1.18 bits per heavy atom. The standard InChI is InChI=1S/C32H33N7O/c1-19-16-36-32(37-27(33)15-20(2)34-3)38-29(19)25-17-35-30-24(25)13-8-14-26(30)39-18-22-11-7-12-23(28(22)31(39)40)21-9-5-4-6-10-21/h7-9,11-17,34-35H,4-6,10,18H2,1-3H3,(H2,33,36,37,38)/b20-15-. The van der Waals surface area contributed by atoms with Crippen molar-refractivity contribution in [2.45, 2.75) is 46.1 Å². The van der Waals surface area contributed by atoms with Crippen LogP contribution in [-0.2, 0) is 6.54 Å². The van der Waals surface area contributed by atoms with Crippen LogP contribution in [0.25, 0.3) is 27.7 Å². The molecule has 8 nitrogen and oxygen atoms in total. The number of nitrogens with one attached hydrogen (secondary N) is 2. The molecule has 0 saturated carbocycles. The van der Waals surface area contributed by atoms with Crippen LogP contribution in [-0.4, -0.2) is 33.7 Å². The summed E-state index contributed by atoms with van der Waals surface area (Å²) in [6, 6.07) is 12.3. The summed E-state index contributed by atoms with van der Waals surface area (Å²) in [5.74, 6) is 0.660. The van der Waals surface area contributed by atoms with Gasteiger partial charge in [-0.15, -0.1) is 0 Å². The number of H-pyrrole nitrogens is 1. The van der Waals surface area contributed by atoms with E-state index in [0.717, 1.165) is 68.6 Å². The number of amidine groups is 1. The zero-order chi connectivity index (χ0) is 27.8. The summed E-state index contributed by atoms with van der Waals surface area (Å²) in [5, 5.41) is 4.00. The van der Waals surface area contributed by atoms with Gasteiger partial charge < -0.3 is 20.9 Å². The minimum absolute atomic E-state index is 0.0518. The van der Waals surface area contributed by atoms with E-state index in [1.807, 2.05) is 44.1 Å². The highest BCUT2D eigenvalue weighted by Gasteiger charge is 2.33. The Labute approximate surface area is 233 Å². The van der Waals surface area contributed by atoms with Crippen molar-refractivity contribution in [3.8, 4) is 11.3 Å². The maximum Gasteiger partial charge on any atom is 0.259 e. The van der Waals surface area contributed by atoms with Gasteiger partial charge in [-0.2, -0.15) is 4.99 Å². The van der Waals surface area contributed by atoms with E-state index in [4.69, 9.17) is 10.7 Å². The number of benzene rings is 2. The number of anilines is 1. The monoisotopic (exact) mass is 531 g/mol. The lowest BCUT2D eigenvalue weighted by atomic mass is 9.89. The number of aromatic amines is 1. The van der Waals surface area contributed by atoms with Gasteiger partial charge in [0.15, 0.2) is 0 Å². The molecule has 6 rings (SSSR count). The second-order valence-electron chi connectivity index (χ2n) is 10.4. The van der Waals surface area contributed by atoms with Crippen molar-refractivity contribution in [3.05, 3.63) is 88.9 Å². The molecule has 2 aliphatic rings. The van der Waals surface area contributed by atoms with Gasteiger partial charge in [-0.3, -0.25) is 4.79 Å². The highest BCUT2D eigenvalue weighted by molar-refractivity contribution is 6.16. The van der Waals surface area contributed by atoms with Gasteiger partial charge in [0.2, 0.25) is 0 Å². The van der Waals surface area contributed by atoms with Gasteiger partial charge in [0.05, 0.1) is 29.0 Å². The third-order valence-corrected chi connectivity index (χ3v) is 7.76. The molecule has 0 fully saturated rings. The lowest BCUT2D eigenvalue weighted by Gasteiger charge is -2.18. The van der Waals surface area contributed by atoms with Crippen LogP contribution < -0.4 is 16.0 Å². The molecular weight excluding hydrogens is 498 g/mol. The Bertz CT molecular complexity index is 1730. The van der Waals surface area contributed by atoms with E-state index in [1.54, 1.807) is 12.3 Å². The molecule has 2 aromatic carbocycles. The van der Waals surface area contributed by atoms with Gasteiger partial charge in [-0.1, -0.05) is 36.4 Å². The van der Waals surface area contributed by atoms with Crippen LogP contribution in [0.5, 0.6) is 0 Å². The summed E-state index contributed by atoms with van der Waals surface area (Å²) >= 11 is 0. The zero-order valence-corrected chi connectivity index (χ0v) is 23.1. The smallest absolute Gasteiger partial charge is 0.259 e. The summed E-state index contributed by atoms with van der Waals surface area (Å²) in [4.78, 5) is 32.7. The molecule has 1 aliphatic carbocycles.